The predicted octanol–water partition coefficient (Wildman–Crippen LogP) is 3.36. The van der Waals surface area contributed by atoms with Crippen molar-refractivity contribution < 1.29 is 38.6 Å². The molecule has 3 amide bonds. The summed E-state index contributed by atoms with van der Waals surface area (Å²) in [5.74, 6) is -3.28. The molecule has 1 aromatic carbocycles. The third kappa shape index (κ3) is 11.9. The van der Waals surface area contributed by atoms with E-state index in [9.17, 15) is 29.1 Å². The van der Waals surface area contributed by atoms with E-state index in [1.54, 1.807) is 57.0 Å². The van der Waals surface area contributed by atoms with E-state index in [1.807, 2.05) is 58.0 Å². The van der Waals surface area contributed by atoms with Crippen LogP contribution in [-0.4, -0.2) is 128 Å². The zero-order chi connectivity index (χ0) is 39.3. The molecule has 3 N–H and O–H groups in total. The minimum Gasteiger partial charge on any atom is -0.394 e. The lowest BCUT2D eigenvalue weighted by Crippen LogP contribution is -2.54. The quantitative estimate of drug-likeness (QED) is 0.172. The van der Waals surface area contributed by atoms with Crippen LogP contribution in [0.3, 0.4) is 0 Å². The molecule has 0 bridgehead atoms. The van der Waals surface area contributed by atoms with Crippen LogP contribution in [0.5, 0.6) is 0 Å². The van der Waals surface area contributed by atoms with Crippen molar-refractivity contribution in [1.82, 2.24) is 14.7 Å². The Balaban J connectivity index is 2.26. The maximum absolute atomic E-state index is 14.1. The number of benzene rings is 1. The van der Waals surface area contributed by atoms with Crippen LogP contribution in [0.1, 0.15) is 78.7 Å². The highest BCUT2D eigenvalue weighted by Crippen LogP contribution is 2.31. The van der Waals surface area contributed by atoms with Gasteiger partial charge in [0.05, 0.1) is 43.4 Å². The monoisotopic (exact) mass is 730 g/mol. The van der Waals surface area contributed by atoms with Crippen molar-refractivity contribution in [3.05, 3.63) is 35.9 Å². The summed E-state index contributed by atoms with van der Waals surface area (Å²) in [6, 6.07) is 7.94. The first kappa shape index (κ1) is 45.0. The van der Waals surface area contributed by atoms with Gasteiger partial charge in [-0.3, -0.25) is 28.9 Å². The van der Waals surface area contributed by atoms with Crippen molar-refractivity contribution in [3.63, 3.8) is 0 Å². The largest absolute Gasteiger partial charge is 0.394 e. The molecule has 1 heterocycles. The molecular formula is C40H66N4O8. The number of aliphatic hydroxyl groups is 1. The van der Waals surface area contributed by atoms with Gasteiger partial charge in [0.15, 0.2) is 5.78 Å². The van der Waals surface area contributed by atoms with Crippen LogP contribution in [0, 0.1) is 29.6 Å². The van der Waals surface area contributed by atoms with E-state index < -0.39 is 48.0 Å². The van der Waals surface area contributed by atoms with E-state index in [0.29, 0.717) is 19.4 Å². The molecule has 0 spiro atoms. The normalized spacial score (nSPS) is 19.4. The molecule has 1 saturated heterocycles. The molecule has 0 aromatic heterocycles. The number of likely N-dealkylation sites (tertiary alicyclic amines) is 1. The van der Waals surface area contributed by atoms with E-state index in [2.05, 4.69) is 0 Å². The third-order valence-corrected chi connectivity index (χ3v) is 11.2. The number of hydrogen-bond acceptors (Lipinski definition) is 9. The Morgan fingerprint density at radius 2 is 1.58 bits per heavy atom. The topological polar surface area (TPSA) is 160 Å². The van der Waals surface area contributed by atoms with Gasteiger partial charge in [-0.15, -0.1) is 0 Å². The average molecular weight is 731 g/mol. The summed E-state index contributed by atoms with van der Waals surface area (Å²) in [5, 5.41) is 9.82. The van der Waals surface area contributed by atoms with Crippen LogP contribution >= 0.6 is 0 Å². The lowest BCUT2D eigenvalue weighted by Gasteiger charge is -2.41. The maximum Gasteiger partial charge on any atom is 0.226 e. The Bertz CT molecular complexity index is 1310. The van der Waals surface area contributed by atoms with Crippen LogP contribution in [-0.2, 0) is 39.9 Å². The van der Waals surface area contributed by atoms with Gasteiger partial charge in [-0.25, -0.2) is 0 Å². The summed E-state index contributed by atoms with van der Waals surface area (Å²) in [6.07, 6.45) is 1.24. The van der Waals surface area contributed by atoms with E-state index in [-0.39, 0.29) is 67.1 Å². The number of rotatable bonds is 23. The summed E-state index contributed by atoms with van der Waals surface area (Å²) >= 11 is 0. The number of amides is 3. The summed E-state index contributed by atoms with van der Waals surface area (Å²) < 4.78 is 11.9. The zero-order valence-corrected chi connectivity index (χ0v) is 33.2. The summed E-state index contributed by atoms with van der Waals surface area (Å²) in [7, 11) is 8.25. The number of carbonyl (C=O) groups excluding carboxylic acids is 5. The van der Waals surface area contributed by atoms with E-state index >= 15 is 0 Å². The van der Waals surface area contributed by atoms with Gasteiger partial charge in [-0.1, -0.05) is 71.4 Å². The van der Waals surface area contributed by atoms with Crippen LogP contribution in [0.15, 0.2) is 30.3 Å². The van der Waals surface area contributed by atoms with Crippen LogP contribution in [0.25, 0.3) is 0 Å². The number of aliphatic hydroxyl groups excluding tert-OH is 1. The SMILES string of the molecule is CC[C@H](C)[C@@H]([C@@H](CC(=O)N1CCC[C@H]1[C@H](OC)[C@@H](C)C(=O)C[C@@H](Cc1ccccc1)C(N)=O)OC)N(C)C(=O)[C@@H](CC(=O)[C@H](CO)N(C)C)C(C)C. The summed E-state index contributed by atoms with van der Waals surface area (Å²) in [6.45, 7) is 9.82. The van der Waals surface area contributed by atoms with Crippen LogP contribution in [0.4, 0.5) is 0 Å². The van der Waals surface area contributed by atoms with Gasteiger partial charge in [0, 0.05) is 58.4 Å². The number of likely N-dealkylation sites (N-methyl/N-ethyl adjacent to an activating group) is 2. The minimum atomic E-state index is -0.699. The zero-order valence-electron chi connectivity index (χ0n) is 33.2. The molecule has 52 heavy (non-hydrogen) atoms. The average Bonchev–Trinajstić information content (AvgIpc) is 3.59. The number of ether oxygens (including phenoxy) is 2. The lowest BCUT2D eigenvalue weighted by molar-refractivity contribution is -0.149. The Labute approximate surface area is 311 Å². The highest BCUT2D eigenvalue weighted by molar-refractivity contribution is 5.90. The van der Waals surface area contributed by atoms with Crippen molar-refractivity contribution in [2.45, 2.75) is 110 Å². The molecular weight excluding hydrogens is 664 g/mol. The number of nitrogens with two attached hydrogens (primary N) is 1. The van der Waals surface area contributed by atoms with Crippen molar-refractivity contribution >= 4 is 29.3 Å². The van der Waals surface area contributed by atoms with Crippen molar-refractivity contribution in [1.29, 1.82) is 0 Å². The molecule has 0 saturated carbocycles. The second-order valence-electron chi connectivity index (χ2n) is 15.2. The van der Waals surface area contributed by atoms with Gasteiger partial charge >= 0.3 is 0 Å². The Morgan fingerprint density at radius 1 is 0.942 bits per heavy atom. The Morgan fingerprint density at radius 3 is 2.08 bits per heavy atom. The van der Waals surface area contributed by atoms with Crippen molar-refractivity contribution in [2.75, 3.05) is 48.5 Å². The molecule has 1 aliphatic rings. The number of primary amides is 1. The Hall–Kier alpha value is -3.19. The van der Waals surface area contributed by atoms with Crippen molar-refractivity contribution in [3.8, 4) is 0 Å². The van der Waals surface area contributed by atoms with Crippen LogP contribution in [0.2, 0.25) is 0 Å². The predicted molar refractivity (Wildman–Crippen MR) is 201 cm³/mol. The van der Waals surface area contributed by atoms with Gasteiger partial charge in [0.1, 0.15) is 5.78 Å². The fourth-order valence-electron chi connectivity index (χ4n) is 7.72. The number of nitrogens with zero attached hydrogens (tertiary/aromatic N) is 3. The molecule has 1 aromatic rings. The molecule has 1 fully saturated rings. The highest BCUT2D eigenvalue weighted by Gasteiger charge is 2.43. The van der Waals surface area contributed by atoms with E-state index in [0.717, 1.165) is 18.4 Å². The van der Waals surface area contributed by atoms with Gasteiger partial charge in [-0.05, 0) is 50.8 Å². The third-order valence-electron chi connectivity index (χ3n) is 11.2. The number of Topliss-reactive ketones (excluding diaryl/α,β-unsaturated/α-hetero) is 2. The first-order valence-corrected chi connectivity index (χ1v) is 18.8. The lowest BCUT2D eigenvalue weighted by atomic mass is 9.84. The smallest absolute Gasteiger partial charge is 0.226 e. The fourth-order valence-corrected chi connectivity index (χ4v) is 7.72. The van der Waals surface area contributed by atoms with E-state index in [4.69, 9.17) is 15.2 Å². The molecule has 0 unspecified atom stereocenters. The number of methoxy groups -OCH3 is 2. The molecule has 12 heteroatoms. The van der Waals surface area contributed by atoms with E-state index in [1.165, 1.54) is 0 Å². The minimum absolute atomic E-state index is 0.00867. The molecule has 9 atom stereocenters. The van der Waals surface area contributed by atoms with Crippen LogP contribution < -0.4 is 5.73 Å². The van der Waals surface area contributed by atoms with Gasteiger partial charge in [-0.2, -0.15) is 0 Å². The molecule has 1 aliphatic heterocycles. The van der Waals surface area contributed by atoms with Crippen molar-refractivity contribution in [2.24, 2.45) is 35.3 Å². The summed E-state index contributed by atoms with van der Waals surface area (Å²) in [5.41, 5.74) is 6.65. The highest BCUT2D eigenvalue weighted by atomic mass is 16.5. The molecule has 12 nitrogen and oxygen atoms in total. The first-order valence-electron chi connectivity index (χ1n) is 18.8. The summed E-state index contributed by atoms with van der Waals surface area (Å²) in [4.78, 5) is 72.5. The van der Waals surface area contributed by atoms with Gasteiger partial charge in [0.2, 0.25) is 17.7 Å². The standard InChI is InChI=1S/C40H66N4O8/c1-11-26(4)37(43(8)40(50)30(25(2)3)22-34(47)32(24-45)42(6)7)35(51-9)23-36(48)44-19-15-18-31(44)38(52-10)27(5)33(46)21-29(39(41)49)20-28-16-13-12-14-17-28/h12-14,16-17,25-27,29-32,35,37-38,45H,11,15,18-24H2,1-10H3,(H2,41,49)/t26-,27-,29+,30-,31-,32-,35+,37-,38+/m0/s1. The van der Waals surface area contributed by atoms with Gasteiger partial charge < -0.3 is 30.1 Å². The molecule has 0 radical (unpaired) electrons. The Kier molecular flexibility index (Phi) is 18.6. The molecule has 0 aliphatic carbocycles. The second kappa shape index (κ2) is 21.5. The first-order chi connectivity index (χ1) is 24.5. The number of hydrogen-bond donors (Lipinski definition) is 2. The number of ketones is 2. The molecule has 2 rings (SSSR count). The molecule has 294 valence electrons. The maximum atomic E-state index is 14.1. The number of carbonyl (C=O) groups is 5. The fraction of sp³-hybridized carbons (Fsp3) is 0.725. The van der Waals surface area contributed by atoms with Gasteiger partial charge in [0.25, 0.3) is 0 Å². The second-order valence-corrected chi connectivity index (χ2v) is 15.2.